The number of aromatic nitrogens is 2. The van der Waals surface area contributed by atoms with Crippen LogP contribution in [0.1, 0.15) is 5.69 Å². The van der Waals surface area contributed by atoms with Gasteiger partial charge in [0, 0.05) is 31.5 Å². The van der Waals surface area contributed by atoms with Gasteiger partial charge in [-0.3, -0.25) is 4.57 Å². The number of imidazole rings is 1. The number of hydrogen-bond donors (Lipinski definition) is 1. The number of para-hydroxylation sites is 1. The van der Waals surface area contributed by atoms with Crippen molar-refractivity contribution in [2.45, 2.75) is 13.0 Å². The standard InChI is InChI=1S/C15H20N4O/c1-12-10-19(13-5-3-2-4-6-13)15(17-12)18-7-8-20-14(9-16)11-18/h2-6,10,14H,7-9,11,16H2,1H3. The van der Waals surface area contributed by atoms with Gasteiger partial charge < -0.3 is 15.4 Å². The second-order valence-electron chi connectivity index (χ2n) is 5.06. The Bertz CT molecular complexity index is 567. The van der Waals surface area contributed by atoms with Crippen LogP contribution in [0.15, 0.2) is 36.5 Å². The van der Waals surface area contributed by atoms with Gasteiger partial charge >= 0.3 is 0 Å². The Hall–Kier alpha value is -1.85. The Morgan fingerprint density at radius 3 is 2.90 bits per heavy atom. The van der Waals surface area contributed by atoms with Gasteiger partial charge in [-0.25, -0.2) is 4.98 Å². The monoisotopic (exact) mass is 272 g/mol. The predicted molar refractivity (Wildman–Crippen MR) is 79.3 cm³/mol. The van der Waals surface area contributed by atoms with Gasteiger partial charge in [-0.05, 0) is 19.1 Å². The third-order valence-electron chi connectivity index (χ3n) is 3.53. The lowest BCUT2D eigenvalue weighted by Gasteiger charge is -2.33. The van der Waals surface area contributed by atoms with Crippen molar-refractivity contribution in [3.05, 3.63) is 42.2 Å². The zero-order chi connectivity index (χ0) is 13.9. The topological polar surface area (TPSA) is 56.3 Å². The van der Waals surface area contributed by atoms with Gasteiger partial charge in [-0.15, -0.1) is 0 Å². The van der Waals surface area contributed by atoms with Crippen molar-refractivity contribution < 1.29 is 4.74 Å². The zero-order valence-corrected chi connectivity index (χ0v) is 11.7. The summed E-state index contributed by atoms with van der Waals surface area (Å²) in [4.78, 5) is 6.92. The fraction of sp³-hybridized carbons (Fsp3) is 0.400. The first-order valence-corrected chi connectivity index (χ1v) is 6.96. The molecule has 5 heteroatoms. The van der Waals surface area contributed by atoms with Gasteiger partial charge in [-0.1, -0.05) is 18.2 Å². The highest BCUT2D eigenvalue weighted by atomic mass is 16.5. The lowest BCUT2D eigenvalue weighted by atomic mass is 10.3. The van der Waals surface area contributed by atoms with E-state index < -0.39 is 0 Å². The Kier molecular flexibility index (Phi) is 3.71. The van der Waals surface area contributed by atoms with Gasteiger partial charge in [0.05, 0.1) is 18.4 Å². The zero-order valence-electron chi connectivity index (χ0n) is 11.7. The van der Waals surface area contributed by atoms with Crippen molar-refractivity contribution in [2.24, 2.45) is 5.73 Å². The van der Waals surface area contributed by atoms with Gasteiger partial charge in [0.15, 0.2) is 0 Å². The van der Waals surface area contributed by atoms with E-state index in [2.05, 4.69) is 32.8 Å². The Labute approximate surface area is 119 Å². The third-order valence-corrected chi connectivity index (χ3v) is 3.53. The number of benzene rings is 1. The van der Waals surface area contributed by atoms with Gasteiger partial charge in [0.2, 0.25) is 5.95 Å². The van der Waals surface area contributed by atoms with E-state index in [-0.39, 0.29) is 6.10 Å². The summed E-state index contributed by atoms with van der Waals surface area (Å²) in [6.07, 6.45) is 2.15. The van der Waals surface area contributed by atoms with Crippen LogP contribution in [0.25, 0.3) is 5.69 Å². The van der Waals surface area contributed by atoms with E-state index in [1.807, 2.05) is 25.1 Å². The van der Waals surface area contributed by atoms with Crippen LogP contribution in [0.2, 0.25) is 0 Å². The molecule has 0 spiro atoms. The summed E-state index contributed by atoms with van der Waals surface area (Å²) in [6, 6.07) is 10.3. The second-order valence-corrected chi connectivity index (χ2v) is 5.06. The number of aryl methyl sites for hydroxylation is 1. The predicted octanol–water partition coefficient (Wildman–Crippen LogP) is 1.34. The summed E-state index contributed by atoms with van der Waals surface area (Å²) < 4.78 is 7.76. The molecule has 2 aromatic rings. The molecule has 0 saturated carbocycles. The molecule has 0 bridgehead atoms. The molecule has 1 aliphatic rings. The molecule has 106 valence electrons. The van der Waals surface area contributed by atoms with Gasteiger partial charge in [0.1, 0.15) is 0 Å². The number of nitrogens with two attached hydrogens (primary N) is 1. The van der Waals surface area contributed by atoms with Crippen molar-refractivity contribution in [1.82, 2.24) is 9.55 Å². The van der Waals surface area contributed by atoms with Crippen molar-refractivity contribution in [2.75, 3.05) is 31.1 Å². The summed E-state index contributed by atoms with van der Waals surface area (Å²) in [7, 11) is 0. The van der Waals surface area contributed by atoms with E-state index >= 15 is 0 Å². The molecule has 1 aliphatic heterocycles. The Morgan fingerprint density at radius 2 is 2.15 bits per heavy atom. The lowest BCUT2D eigenvalue weighted by molar-refractivity contribution is 0.0459. The summed E-state index contributed by atoms with van der Waals surface area (Å²) in [5, 5.41) is 0. The minimum Gasteiger partial charge on any atom is -0.373 e. The van der Waals surface area contributed by atoms with Crippen LogP contribution in [-0.4, -0.2) is 41.9 Å². The molecule has 3 rings (SSSR count). The molecule has 0 radical (unpaired) electrons. The molecular formula is C15H20N4O. The molecule has 1 aromatic carbocycles. The highest BCUT2D eigenvalue weighted by Crippen LogP contribution is 2.21. The summed E-state index contributed by atoms with van der Waals surface area (Å²) in [5.74, 6) is 0.968. The molecule has 0 aliphatic carbocycles. The number of hydrogen-bond acceptors (Lipinski definition) is 4. The highest BCUT2D eigenvalue weighted by Gasteiger charge is 2.23. The maximum Gasteiger partial charge on any atom is 0.210 e. The lowest BCUT2D eigenvalue weighted by Crippen LogP contribution is -2.46. The molecule has 0 amide bonds. The first kappa shape index (κ1) is 13.1. The van der Waals surface area contributed by atoms with Crippen LogP contribution >= 0.6 is 0 Å². The van der Waals surface area contributed by atoms with E-state index in [1.165, 1.54) is 0 Å². The van der Waals surface area contributed by atoms with Crippen LogP contribution in [0.5, 0.6) is 0 Å². The average Bonchev–Trinajstić information content (AvgIpc) is 2.90. The quantitative estimate of drug-likeness (QED) is 0.916. The first-order valence-electron chi connectivity index (χ1n) is 6.96. The molecule has 5 nitrogen and oxygen atoms in total. The van der Waals surface area contributed by atoms with E-state index in [0.29, 0.717) is 13.2 Å². The summed E-state index contributed by atoms with van der Waals surface area (Å²) >= 11 is 0. The van der Waals surface area contributed by atoms with Crippen molar-refractivity contribution in [3.8, 4) is 5.69 Å². The van der Waals surface area contributed by atoms with Crippen LogP contribution in [0, 0.1) is 6.92 Å². The molecule has 1 aromatic heterocycles. The molecular weight excluding hydrogens is 252 g/mol. The van der Waals surface area contributed by atoms with Crippen molar-refractivity contribution in [1.29, 1.82) is 0 Å². The summed E-state index contributed by atoms with van der Waals surface area (Å²) in [6.45, 7) is 4.90. The van der Waals surface area contributed by atoms with E-state index in [9.17, 15) is 0 Å². The van der Waals surface area contributed by atoms with Crippen LogP contribution < -0.4 is 10.6 Å². The van der Waals surface area contributed by atoms with Gasteiger partial charge in [0.25, 0.3) is 0 Å². The molecule has 1 atom stereocenters. The molecule has 1 unspecified atom stereocenters. The highest BCUT2D eigenvalue weighted by molar-refractivity contribution is 5.45. The van der Waals surface area contributed by atoms with E-state index in [1.54, 1.807) is 0 Å². The number of morpholine rings is 1. The average molecular weight is 272 g/mol. The summed E-state index contributed by atoms with van der Waals surface area (Å²) in [5.41, 5.74) is 7.86. The van der Waals surface area contributed by atoms with Crippen LogP contribution in [0.4, 0.5) is 5.95 Å². The maximum absolute atomic E-state index is 5.72. The van der Waals surface area contributed by atoms with Crippen molar-refractivity contribution in [3.63, 3.8) is 0 Å². The minimum atomic E-state index is 0.0879. The fourth-order valence-corrected chi connectivity index (χ4v) is 2.53. The number of ether oxygens (including phenoxy) is 1. The molecule has 2 N–H and O–H groups in total. The third kappa shape index (κ3) is 2.55. The molecule has 1 saturated heterocycles. The molecule has 20 heavy (non-hydrogen) atoms. The Balaban J connectivity index is 1.93. The van der Waals surface area contributed by atoms with E-state index in [4.69, 9.17) is 10.5 Å². The second kappa shape index (κ2) is 5.64. The number of nitrogens with zero attached hydrogens (tertiary/aromatic N) is 3. The normalized spacial score (nSPS) is 19.3. The van der Waals surface area contributed by atoms with Crippen LogP contribution in [0.3, 0.4) is 0 Å². The fourth-order valence-electron chi connectivity index (χ4n) is 2.53. The smallest absolute Gasteiger partial charge is 0.210 e. The SMILES string of the molecule is Cc1cn(-c2ccccc2)c(N2CCOC(CN)C2)n1. The van der Waals surface area contributed by atoms with Crippen LogP contribution in [-0.2, 0) is 4.74 Å². The molecule has 1 fully saturated rings. The molecule has 2 heterocycles. The number of rotatable bonds is 3. The van der Waals surface area contributed by atoms with E-state index in [0.717, 1.165) is 30.4 Å². The largest absolute Gasteiger partial charge is 0.373 e. The van der Waals surface area contributed by atoms with Crippen molar-refractivity contribution >= 4 is 5.95 Å². The van der Waals surface area contributed by atoms with Gasteiger partial charge in [-0.2, -0.15) is 0 Å². The first-order chi connectivity index (χ1) is 9.78. The maximum atomic E-state index is 5.72. The minimum absolute atomic E-state index is 0.0879. The number of anilines is 1. The Morgan fingerprint density at radius 1 is 1.35 bits per heavy atom.